The number of fused-ring (bicyclic) bond motifs is 4. The molecule has 3 heterocycles. The van der Waals surface area contributed by atoms with Crippen LogP contribution in [0.5, 0.6) is 0 Å². The molecule has 6 nitrogen and oxygen atoms in total. The van der Waals surface area contributed by atoms with Gasteiger partial charge in [0, 0.05) is 23.8 Å². The zero-order valence-electron chi connectivity index (χ0n) is 19.0. The quantitative estimate of drug-likeness (QED) is 0.618. The summed E-state index contributed by atoms with van der Waals surface area (Å²) in [7, 11) is 0. The summed E-state index contributed by atoms with van der Waals surface area (Å²) >= 11 is 1.71. The van der Waals surface area contributed by atoms with Crippen LogP contribution in [0.1, 0.15) is 30.0 Å². The van der Waals surface area contributed by atoms with Crippen LogP contribution in [0.3, 0.4) is 0 Å². The number of anilines is 1. The van der Waals surface area contributed by atoms with Crippen molar-refractivity contribution in [2.45, 2.75) is 37.8 Å². The molecule has 0 aromatic heterocycles. The van der Waals surface area contributed by atoms with E-state index in [0.717, 1.165) is 41.0 Å². The van der Waals surface area contributed by atoms with Crippen LogP contribution in [0.15, 0.2) is 48.5 Å². The molecule has 3 amide bonds. The molecule has 7 heteroatoms. The monoisotopic (exact) mass is 463 g/mol. The lowest BCUT2D eigenvalue weighted by atomic mass is 9.76. The summed E-state index contributed by atoms with van der Waals surface area (Å²) in [4.78, 5) is 42.3. The number of benzene rings is 2. The maximum Gasteiger partial charge on any atom is 0.250 e. The molecule has 2 fully saturated rings. The summed E-state index contributed by atoms with van der Waals surface area (Å²) in [5.41, 5.74) is 2.53. The van der Waals surface area contributed by atoms with E-state index in [2.05, 4.69) is 17.6 Å². The molecular weight excluding hydrogens is 434 g/mol. The number of thioether (sulfide) groups is 1. The zero-order valence-corrected chi connectivity index (χ0v) is 19.8. The van der Waals surface area contributed by atoms with E-state index < -0.39 is 17.4 Å². The maximum absolute atomic E-state index is 13.8. The van der Waals surface area contributed by atoms with Gasteiger partial charge in [0.15, 0.2) is 0 Å². The van der Waals surface area contributed by atoms with Crippen molar-refractivity contribution in [2.75, 3.05) is 23.9 Å². The molecule has 0 radical (unpaired) electrons. The molecule has 1 spiro atoms. The van der Waals surface area contributed by atoms with Crippen LogP contribution in [0, 0.1) is 11.8 Å². The van der Waals surface area contributed by atoms with Crippen LogP contribution in [-0.2, 0) is 32.8 Å². The van der Waals surface area contributed by atoms with Crippen molar-refractivity contribution in [1.82, 2.24) is 10.2 Å². The molecular formula is C26H29N3O3S. The van der Waals surface area contributed by atoms with Gasteiger partial charge in [-0.15, -0.1) is 0 Å². The normalized spacial score (nSPS) is 27.9. The van der Waals surface area contributed by atoms with E-state index in [0.29, 0.717) is 13.0 Å². The van der Waals surface area contributed by atoms with Crippen LogP contribution in [0.4, 0.5) is 5.69 Å². The Morgan fingerprint density at radius 2 is 1.82 bits per heavy atom. The third kappa shape index (κ3) is 3.40. The summed E-state index contributed by atoms with van der Waals surface area (Å²) < 4.78 is 0. The Morgan fingerprint density at radius 1 is 1.03 bits per heavy atom. The predicted octanol–water partition coefficient (Wildman–Crippen LogP) is 2.97. The molecule has 2 aromatic carbocycles. The molecule has 0 saturated carbocycles. The van der Waals surface area contributed by atoms with Gasteiger partial charge in [0.2, 0.25) is 17.7 Å². The Balaban J connectivity index is 1.53. The van der Waals surface area contributed by atoms with Crippen molar-refractivity contribution >= 4 is 35.2 Å². The number of carbonyl (C=O) groups is 3. The lowest BCUT2D eigenvalue weighted by Crippen LogP contribution is -2.53. The number of carbonyl (C=O) groups excluding carboxylic acids is 3. The van der Waals surface area contributed by atoms with Gasteiger partial charge in [0.05, 0.1) is 11.8 Å². The van der Waals surface area contributed by atoms with E-state index in [1.807, 2.05) is 54.8 Å². The van der Waals surface area contributed by atoms with Gasteiger partial charge < -0.3 is 5.32 Å². The number of aryl methyl sites for hydroxylation is 1. The first kappa shape index (κ1) is 22.2. The summed E-state index contributed by atoms with van der Waals surface area (Å²) in [5, 5.41) is 6.51. The number of hydrogen-bond donors (Lipinski definition) is 2. The van der Waals surface area contributed by atoms with E-state index in [9.17, 15) is 14.4 Å². The van der Waals surface area contributed by atoms with Crippen molar-refractivity contribution in [3.05, 3.63) is 65.2 Å². The minimum Gasteiger partial charge on any atom is -0.324 e. The molecule has 0 bridgehead atoms. The second kappa shape index (κ2) is 8.61. The first-order chi connectivity index (χ1) is 16.0. The average Bonchev–Trinajstić information content (AvgIpc) is 3.41. The number of nitrogens with zero attached hydrogens (tertiary/aromatic N) is 1. The molecule has 4 atom stereocenters. The predicted molar refractivity (Wildman–Crippen MR) is 130 cm³/mol. The number of imide groups is 1. The first-order valence-electron chi connectivity index (χ1n) is 11.6. The lowest BCUT2D eigenvalue weighted by molar-refractivity contribution is -0.142. The van der Waals surface area contributed by atoms with Crippen molar-refractivity contribution in [3.63, 3.8) is 0 Å². The highest BCUT2D eigenvalue weighted by molar-refractivity contribution is 7.98. The fraction of sp³-hybridized carbons (Fsp3) is 0.423. The number of rotatable bonds is 7. The minimum atomic E-state index is -1.19. The highest BCUT2D eigenvalue weighted by Gasteiger charge is 2.70. The molecule has 5 rings (SSSR count). The Morgan fingerprint density at radius 3 is 2.55 bits per heavy atom. The molecule has 0 unspecified atom stereocenters. The maximum atomic E-state index is 13.8. The van der Waals surface area contributed by atoms with Crippen LogP contribution in [-0.4, -0.2) is 47.2 Å². The van der Waals surface area contributed by atoms with Gasteiger partial charge in [-0.3, -0.25) is 24.6 Å². The summed E-state index contributed by atoms with van der Waals surface area (Å²) in [6.45, 7) is 2.41. The number of amides is 3. The molecule has 3 aliphatic heterocycles. The number of likely N-dealkylation sites (tertiary alicyclic amines) is 1. The Bertz CT molecular complexity index is 1110. The number of nitrogens with one attached hydrogen (secondary N) is 2. The van der Waals surface area contributed by atoms with Crippen molar-refractivity contribution in [1.29, 1.82) is 0 Å². The third-order valence-corrected chi connectivity index (χ3v) is 8.02. The van der Waals surface area contributed by atoms with Crippen molar-refractivity contribution < 1.29 is 14.4 Å². The van der Waals surface area contributed by atoms with Crippen LogP contribution >= 0.6 is 11.8 Å². The van der Waals surface area contributed by atoms with Crippen molar-refractivity contribution in [3.8, 4) is 0 Å². The molecule has 33 heavy (non-hydrogen) atoms. The molecule has 2 saturated heterocycles. The van der Waals surface area contributed by atoms with Gasteiger partial charge in [-0.2, -0.15) is 11.8 Å². The lowest BCUT2D eigenvalue weighted by Gasteiger charge is -2.29. The molecule has 2 N–H and O–H groups in total. The summed E-state index contributed by atoms with van der Waals surface area (Å²) in [6.07, 6.45) is 4.20. The topological polar surface area (TPSA) is 78.5 Å². The highest BCUT2D eigenvalue weighted by atomic mass is 32.2. The van der Waals surface area contributed by atoms with Crippen LogP contribution < -0.4 is 10.6 Å². The van der Waals surface area contributed by atoms with Gasteiger partial charge in [-0.1, -0.05) is 49.4 Å². The van der Waals surface area contributed by atoms with Crippen LogP contribution in [0.25, 0.3) is 0 Å². The molecule has 2 aromatic rings. The van der Waals surface area contributed by atoms with Gasteiger partial charge in [0.25, 0.3) is 0 Å². The second-order valence-electron chi connectivity index (χ2n) is 9.10. The minimum absolute atomic E-state index is 0.149. The molecule has 172 valence electrons. The largest absolute Gasteiger partial charge is 0.324 e. The Kier molecular flexibility index (Phi) is 5.79. The van der Waals surface area contributed by atoms with E-state index in [4.69, 9.17) is 0 Å². The van der Waals surface area contributed by atoms with Crippen LogP contribution in [0.2, 0.25) is 0 Å². The number of hydrogen-bond acceptors (Lipinski definition) is 5. The fourth-order valence-corrected chi connectivity index (χ4v) is 6.22. The van der Waals surface area contributed by atoms with Gasteiger partial charge in [-0.05, 0) is 48.5 Å². The SMILES string of the molecule is CCc1ccc2c(c1)[C@]1(N[C@@H](CCSC)[C@H]3C(=O)N(CCc4ccccc4)C(=O)[C@@H]31)C(=O)N2. The standard InChI is InChI=1S/C26H29N3O3S/c1-3-16-9-10-19-18(15-16)26(25(32)27-19)22-21(20(28-26)12-14-33-2)23(30)29(24(22)31)13-11-17-7-5-4-6-8-17/h4-10,15,20-22,28H,3,11-14H2,1-2H3,(H,27,32)/t20-,21+,22+,26+/m0/s1. The third-order valence-electron chi connectivity index (χ3n) is 7.38. The van der Waals surface area contributed by atoms with E-state index >= 15 is 0 Å². The van der Waals surface area contributed by atoms with E-state index in [-0.39, 0.29) is 23.8 Å². The second-order valence-corrected chi connectivity index (χ2v) is 10.1. The molecule has 3 aliphatic rings. The Labute approximate surface area is 198 Å². The molecule has 0 aliphatic carbocycles. The zero-order chi connectivity index (χ0) is 23.2. The fourth-order valence-electron chi connectivity index (χ4n) is 5.73. The first-order valence-corrected chi connectivity index (χ1v) is 13.0. The van der Waals surface area contributed by atoms with E-state index in [1.165, 1.54) is 4.90 Å². The van der Waals surface area contributed by atoms with E-state index in [1.54, 1.807) is 11.8 Å². The summed E-state index contributed by atoms with van der Waals surface area (Å²) in [5.74, 6) is -0.998. The average molecular weight is 464 g/mol. The van der Waals surface area contributed by atoms with Gasteiger partial charge in [0.1, 0.15) is 5.54 Å². The van der Waals surface area contributed by atoms with Crippen molar-refractivity contribution in [2.24, 2.45) is 11.8 Å². The van der Waals surface area contributed by atoms with Gasteiger partial charge >= 0.3 is 0 Å². The highest BCUT2D eigenvalue weighted by Crippen LogP contribution is 2.53. The van der Waals surface area contributed by atoms with Gasteiger partial charge in [-0.25, -0.2) is 0 Å². The summed E-state index contributed by atoms with van der Waals surface area (Å²) in [6, 6.07) is 15.6. The Hall–Kier alpha value is -2.64. The smallest absolute Gasteiger partial charge is 0.250 e.